The van der Waals surface area contributed by atoms with E-state index in [1.807, 2.05) is 0 Å². The Hall–Kier alpha value is -0.790. The summed E-state index contributed by atoms with van der Waals surface area (Å²) in [4.78, 5) is 16.2. The fraction of sp³-hybridized carbons (Fsp3) is 0.920. The van der Waals surface area contributed by atoms with Crippen molar-refractivity contribution in [1.82, 2.24) is 10.2 Å². The average molecular weight is 462 g/mol. The van der Waals surface area contributed by atoms with Gasteiger partial charge in [-0.15, -0.1) is 0 Å². The Morgan fingerprint density at radius 2 is 1.84 bits per heavy atom. The number of thioether (sulfide) groups is 1. The quantitative estimate of drug-likeness (QED) is 0.372. The Morgan fingerprint density at radius 3 is 2.62 bits per heavy atom. The second kappa shape index (κ2) is 9.83. The molecule has 6 nitrogen and oxygen atoms in total. The van der Waals surface area contributed by atoms with E-state index in [0.717, 1.165) is 75.0 Å². The number of nitrogens with one attached hydrogen (secondary N) is 2. The fourth-order valence-corrected chi connectivity index (χ4v) is 9.35. The maximum absolute atomic E-state index is 13.6. The van der Waals surface area contributed by atoms with Crippen LogP contribution in [0.25, 0.3) is 0 Å². The molecule has 180 valence electrons. The zero-order valence-corrected chi connectivity index (χ0v) is 20.3. The van der Waals surface area contributed by atoms with Gasteiger partial charge in [0.25, 0.3) is 0 Å². The van der Waals surface area contributed by atoms with Crippen LogP contribution in [0.15, 0.2) is 0 Å². The van der Waals surface area contributed by atoms with Gasteiger partial charge in [-0.05, 0) is 94.1 Å². The Bertz CT molecular complexity index is 696. The third kappa shape index (κ3) is 4.72. The van der Waals surface area contributed by atoms with E-state index < -0.39 is 0 Å². The maximum atomic E-state index is 13.6. The number of fused-ring (bicyclic) bond motifs is 2. The van der Waals surface area contributed by atoms with E-state index in [1.54, 1.807) is 0 Å². The van der Waals surface area contributed by atoms with Crippen molar-refractivity contribution in [3.63, 3.8) is 0 Å². The minimum absolute atomic E-state index is 0.000686. The van der Waals surface area contributed by atoms with Crippen LogP contribution >= 0.6 is 11.8 Å². The van der Waals surface area contributed by atoms with E-state index in [-0.39, 0.29) is 17.9 Å². The Kier molecular flexibility index (Phi) is 7.06. The van der Waals surface area contributed by atoms with Crippen molar-refractivity contribution in [2.75, 3.05) is 12.3 Å². The summed E-state index contributed by atoms with van der Waals surface area (Å²) in [6.07, 6.45) is 13.6. The first-order valence-electron chi connectivity index (χ1n) is 13.3. The van der Waals surface area contributed by atoms with Crippen LogP contribution in [0.1, 0.15) is 77.0 Å². The Balaban J connectivity index is 1.31. The van der Waals surface area contributed by atoms with Crippen molar-refractivity contribution in [2.45, 2.75) is 106 Å². The van der Waals surface area contributed by atoms with Crippen LogP contribution in [-0.2, 0) is 4.79 Å². The molecule has 32 heavy (non-hydrogen) atoms. The van der Waals surface area contributed by atoms with Crippen molar-refractivity contribution < 1.29 is 4.79 Å². The molecular formula is C25H43N5OS. The lowest BCUT2D eigenvalue weighted by Crippen LogP contribution is -2.53. The summed E-state index contributed by atoms with van der Waals surface area (Å²) >= 11 is 2.19. The first kappa shape index (κ1) is 23.0. The molecule has 7 atom stereocenters. The normalized spacial score (nSPS) is 44.6. The summed E-state index contributed by atoms with van der Waals surface area (Å²) in [6, 6.07) is 1.02. The molecule has 0 aromatic carbocycles. The number of rotatable bonds is 5. The molecule has 2 aliphatic heterocycles. The lowest BCUT2D eigenvalue weighted by Gasteiger charge is -2.42. The summed E-state index contributed by atoms with van der Waals surface area (Å²) in [6.45, 7) is 1.07. The molecular weight excluding hydrogens is 418 g/mol. The van der Waals surface area contributed by atoms with Gasteiger partial charge < -0.3 is 16.8 Å². The first-order valence-corrected chi connectivity index (χ1v) is 14.3. The number of amides is 1. The molecule has 5 aliphatic rings. The lowest BCUT2D eigenvalue weighted by atomic mass is 9.76. The topological polar surface area (TPSA) is 108 Å². The van der Waals surface area contributed by atoms with Gasteiger partial charge in [0.1, 0.15) is 0 Å². The summed E-state index contributed by atoms with van der Waals surface area (Å²) in [5.41, 5.74) is 12.0. The molecule has 2 heterocycles. The van der Waals surface area contributed by atoms with E-state index >= 15 is 0 Å². The predicted molar refractivity (Wildman–Crippen MR) is 132 cm³/mol. The van der Waals surface area contributed by atoms with Gasteiger partial charge in [0.15, 0.2) is 0 Å². The van der Waals surface area contributed by atoms with Gasteiger partial charge in [0, 0.05) is 35.8 Å². The summed E-state index contributed by atoms with van der Waals surface area (Å²) in [7, 11) is 0. The van der Waals surface area contributed by atoms with Gasteiger partial charge in [-0.3, -0.25) is 15.1 Å². The average Bonchev–Trinajstić information content (AvgIpc) is 3.40. The summed E-state index contributed by atoms with van der Waals surface area (Å²) in [5, 5.41) is 12.3. The minimum Gasteiger partial charge on any atom is -0.387 e. The lowest BCUT2D eigenvalue weighted by molar-refractivity contribution is -0.127. The van der Waals surface area contributed by atoms with Gasteiger partial charge in [0.2, 0.25) is 5.91 Å². The molecule has 0 aromatic rings. The van der Waals surface area contributed by atoms with Gasteiger partial charge in [-0.2, -0.15) is 11.8 Å². The molecule has 3 saturated carbocycles. The highest BCUT2D eigenvalue weighted by molar-refractivity contribution is 8.00. The molecule has 2 saturated heterocycles. The third-order valence-corrected chi connectivity index (χ3v) is 11.0. The molecule has 0 aromatic heterocycles. The summed E-state index contributed by atoms with van der Waals surface area (Å²) < 4.78 is 0. The smallest absolute Gasteiger partial charge is 0.237 e. The van der Waals surface area contributed by atoms with Gasteiger partial charge in [-0.1, -0.05) is 6.42 Å². The second-order valence-electron chi connectivity index (χ2n) is 11.4. The number of nitrogens with two attached hydrogens (primary N) is 2. The monoisotopic (exact) mass is 461 g/mol. The molecule has 0 radical (unpaired) electrons. The number of likely N-dealkylation sites (tertiary alicyclic amines) is 1. The zero-order chi connectivity index (χ0) is 22.2. The Morgan fingerprint density at radius 1 is 1.03 bits per heavy atom. The van der Waals surface area contributed by atoms with E-state index in [9.17, 15) is 4.79 Å². The zero-order valence-electron chi connectivity index (χ0n) is 19.5. The fourth-order valence-electron chi connectivity index (χ4n) is 7.70. The molecule has 5 rings (SSSR count). The van der Waals surface area contributed by atoms with Crippen molar-refractivity contribution in [3.8, 4) is 0 Å². The van der Waals surface area contributed by atoms with Crippen LogP contribution in [-0.4, -0.2) is 58.4 Å². The second-order valence-corrected chi connectivity index (χ2v) is 12.8. The molecule has 1 amide bonds. The highest BCUT2D eigenvalue weighted by atomic mass is 32.2. The summed E-state index contributed by atoms with van der Waals surface area (Å²) in [5.74, 6) is 4.26. The molecule has 7 heteroatoms. The number of nitrogens with zero attached hydrogens (tertiary/aromatic N) is 1. The van der Waals surface area contributed by atoms with Gasteiger partial charge >= 0.3 is 0 Å². The first-order chi connectivity index (χ1) is 15.5. The van der Waals surface area contributed by atoms with Crippen molar-refractivity contribution in [3.05, 3.63) is 0 Å². The van der Waals surface area contributed by atoms with E-state index in [4.69, 9.17) is 16.9 Å². The molecule has 7 unspecified atom stereocenters. The number of hydrogen-bond acceptors (Lipinski definition) is 5. The number of carbonyl (C=O) groups excluding carboxylic acids is 1. The molecule has 0 bridgehead atoms. The van der Waals surface area contributed by atoms with Crippen LogP contribution in [0, 0.1) is 29.1 Å². The third-order valence-electron chi connectivity index (χ3n) is 9.54. The standard InChI is InChI=1S/C25H43N5OS/c26-18-6-8-19(9-7-18)29-25(31)22-12-15-4-5-16(24(27)28)13-21(15)30(22)14-17-2-1-3-23-20(17)10-11-32-23/h15-23H,1-14,26H2,(H3,27,28)(H,29,31). The van der Waals surface area contributed by atoms with Gasteiger partial charge in [-0.25, -0.2) is 0 Å². The minimum atomic E-state index is 0.000686. The predicted octanol–water partition coefficient (Wildman–Crippen LogP) is 3.09. The molecule has 5 fully saturated rings. The highest BCUT2D eigenvalue weighted by Gasteiger charge is 2.49. The van der Waals surface area contributed by atoms with Crippen LogP contribution in [0.2, 0.25) is 0 Å². The van der Waals surface area contributed by atoms with Crippen LogP contribution in [0.3, 0.4) is 0 Å². The van der Waals surface area contributed by atoms with E-state index in [1.165, 1.54) is 31.4 Å². The molecule has 0 spiro atoms. The molecule has 6 N–H and O–H groups in total. The van der Waals surface area contributed by atoms with Crippen LogP contribution in [0.5, 0.6) is 0 Å². The Labute approximate surface area is 197 Å². The number of hydrogen-bond donors (Lipinski definition) is 4. The molecule has 3 aliphatic carbocycles. The van der Waals surface area contributed by atoms with Crippen LogP contribution < -0.4 is 16.8 Å². The van der Waals surface area contributed by atoms with Crippen molar-refractivity contribution in [2.24, 2.45) is 35.1 Å². The highest BCUT2D eigenvalue weighted by Crippen LogP contribution is 2.48. The number of amidine groups is 1. The maximum Gasteiger partial charge on any atom is 0.237 e. The van der Waals surface area contributed by atoms with E-state index in [2.05, 4.69) is 22.0 Å². The van der Waals surface area contributed by atoms with Crippen molar-refractivity contribution >= 4 is 23.5 Å². The largest absolute Gasteiger partial charge is 0.387 e. The SMILES string of the molecule is N=C(N)C1CCC2CC(C(=O)NC3CCC(N)CC3)N(CC3CCCC4SCCC34)C2C1. The van der Waals surface area contributed by atoms with E-state index in [0.29, 0.717) is 29.9 Å². The van der Waals surface area contributed by atoms with Crippen LogP contribution in [0.4, 0.5) is 0 Å². The van der Waals surface area contributed by atoms with Crippen molar-refractivity contribution in [1.29, 1.82) is 5.41 Å². The van der Waals surface area contributed by atoms with Gasteiger partial charge in [0.05, 0.1) is 11.9 Å². The number of carbonyl (C=O) groups is 1.